The summed E-state index contributed by atoms with van der Waals surface area (Å²) in [7, 11) is 0. The van der Waals surface area contributed by atoms with E-state index < -0.39 is 5.92 Å². The minimum absolute atomic E-state index is 0.0912. The molecule has 190 valence electrons. The van der Waals surface area contributed by atoms with Crippen LogP contribution in [0.15, 0.2) is 66.7 Å². The van der Waals surface area contributed by atoms with Crippen molar-refractivity contribution >= 4 is 22.6 Å². The number of para-hydroxylation sites is 1. The lowest BCUT2D eigenvalue weighted by Gasteiger charge is -2.36. The minimum atomic E-state index is -2.62. The third-order valence-electron chi connectivity index (χ3n) is 7.62. The Bertz CT molecular complexity index is 1150. The van der Waals surface area contributed by atoms with Crippen LogP contribution in [0.2, 0.25) is 0 Å². The number of pyridine rings is 1. The van der Waals surface area contributed by atoms with Gasteiger partial charge in [-0.1, -0.05) is 48.5 Å². The first-order chi connectivity index (χ1) is 17.5. The summed E-state index contributed by atoms with van der Waals surface area (Å²) < 4.78 is 27.1. The van der Waals surface area contributed by atoms with E-state index in [0.717, 1.165) is 61.4 Å². The van der Waals surface area contributed by atoms with E-state index in [9.17, 15) is 13.6 Å². The number of carbonyl (C=O) groups excluding carboxylic acids is 1. The number of nitrogens with zero attached hydrogens (tertiary/aromatic N) is 3. The monoisotopic (exact) mass is 492 g/mol. The molecule has 1 aliphatic heterocycles. The van der Waals surface area contributed by atoms with Crippen LogP contribution < -0.4 is 10.2 Å². The van der Waals surface area contributed by atoms with Crippen molar-refractivity contribution < 1.29 is 13.6 Å². The van der Waals surface area contributed by atoms with E-state index >= 15 is 0 Å². The minimum Gasteiger partial charge on any atom is -0.354 e. The molecular weight excluding hydrogens is 458 g/mol. The molecule has 1 aliphatic carbocycles. The van der Waals surface area contributed by atoms with Crippen LogP contribution >= 0.6 is 0 Å². The zero-order valence-electron chi connectivity index (χ0n) is 20.6. The fourth-order valence-electron chi connectivity index (χ4n) is 5.34. The van der Waals surface area contributed by atoms with Crippen molar-refractivity contribution in [2.75, 3.05) is 37.6 Å². The Hall–Kier alpha value is -3.06. The third-order valence-corrected chi connectivity index (χ3v) is 7.62. The van der Waals surface area contributed by atoms with E-state index in [0.29, 0.717) is 0 Å². The molecule has 1 saturated heterocycles. The Kier molecular flexibility index (Phi) is 7.46. The molecule has 2 heterocycles. The van der Waals surface area contributed by atoms with Crippen molar-refractivity contribution in [3.8, 4) is 0 Å². The topological polar surface area (TPSA) is 48.5 Å². The molecule has 3 aromatic rings. The number of hydrogen-bond donors (Lipinski definition) is 1. The van der Waals surface area contributed by atoms with Gasteiger partial charge in [0.2, 0.25) is 11.8 Å². The second-order valence-electron chi connectivity index (χ2n) is 10.1. The number of halogens is 2. The Morgan fingerprint density at radius 3 is 2.39 bits per heavy atom. The van der Waals surface area contributed by atoms with E-state index in [1.807, 2.05) is 48.5 Å². The summed E-state index contributed by atoms with van der Waals surface area (Å²) in [6.45, 7) is 4.54. The first kappa shape index (κ1) is 24.6. The van der Waals surface area contributed by atoms with Gasteiger partial charge in [0.25, 0.3) is 0 Å². The Balaban J connectivity index is 1.16. The molecule has 1 aromatic heterocycles. The van der Waals surface area contributed by atoms with Crippen molar-refractivity contribution in [2.24, 2.45) is 5.92 Å². The molecule has 0 bridgehead atoms. The molecule has 0 radical (unpaired) electrons. The van der Waals surface area contributed by atoms with E-state index in [1.165, 1.54) is 0 Å². The van der Waals surface area contributed by atoms with Crippen LogP contribution in [0.5, 0.6) is 0 Å². The van der Waals surface area contributed by atoms with Gasteiger partial charge in [-0.2, -0.15) is 0 Å². The molecule has 2 aromatic carbocycles. The molecule has 1 amide bonds. The highest BCUT2D eigenvalue weighted by atomic mass is 19.3. The Labute approximate surface area is 211 Å². The number of fused-ring (bicyclic) bond motifs is 1. The van der Waals surface area contributed by atoms with Crippen LogP contribution in [0.4, 0.5) is 14.6 Å². The molecule has 0 unspecified atom stereocenters. The van der Waals surface area contributed by atoms with Crippen molar-refractivity contribution in [2.45, 2.75) is 44.1 Å². The summed E-state index contributed by atoms with van der Waals surface area (Å²) in [5, 5.41) is 4.34. The molecule has 1 N–H and O–H groups in total. The molecule has 2 aliphatic rings. The van der Waals surface area contributed by atoms with Crippen LogP contribution in [0.1, 0.15) is 43.7 Å². The van der Waals surface area contributed by atoms with E-state index in [4.69, 9.17) is 4.98 Å². The highest BCUT2D eigenvalue weighted by molar-refractivity contribution is 5.80. The average Bonchev–Trinajstić information content (AvgIpc) is 2.91. The summed E-state index contributed by atoms with van der Waals surface area (Å²) in [5.74, 6) is -2.03. The smallest absolute Gasteiger partial charge is 0.248 e. The van der Waals surface area contributed by atoms with Gasteiger partial charge in [0.05, 0.1) is 11.6 Å². The number of benzene rings is 2. The zero-order valence-corrected chi connectivity index (χ0v) is 20.6. The SMILES string of the molecule is O=C(N[C@@H](CCN1CCN(c2ccc3ccccc3n2)CC1)c1ccccc1)C1CCC(F)(F)CC1. The maximum absolute atomic E-state index is 13.6. The number of anilines is 1. The summed E-state index contributed by atoms with van der Waals surface area (Å²) in [4.78, 5) is 22.6. The number of aromatic nitrogens is 1. The van der Waals surface area contributed by atoms with Gasteiger partial charge in [-0.05, 0) is 43.0 Å². The number of alkyl halides is 2. The number of nitrogens with one attached hydrogen (secondary N) is 1. The first-order valence-electron chi connectivity index (χ1n) is 13.0. The standard InChI is InChI=1S/C29H34F2N4O/c30-29(31)15-12-24(13-16-29)28(36)33-26(22-6-2-1-3-7-22)14-17-34-18-20-35(21-19-34)27-11-10-23-8-4-5-9-25(23)32-27/h1-11,24,26H,12-21H2,(H,33,36)/t26-/m0/s1. The second kappa shape index (κ2) is 10.9. The van der Waals surface area contributed by atoms with Crippen LogP contribution in [0.25, 0.3) is 10.9 Å². The van der Waals surface area contributed by atoms with Crippen LogP contribution in [0, 0.1) is 5.92 Å². The lowest BCUT2D eigenvalue weighted by molar-refractivity contribution is -0.130. The summed E-state index contributed by atoms with van der Waals surface area (Å²) in [6, 6.07) is 22.3. The molecule has 36 heavy (non-hydrogen) atoms. The first-order valence-corrected chi connectivity index (χ1v) is 13.0. The maximum Gasteiger partial charge on any atom is 0.248 e. The van der Waals surface area contributed by atoms with E-state index in [1.54, 1.807) is 0 Å². The average molecular weight is 493 g/mol. The maximum atomic E-state index is 13.6. The third kappa shape index (κ3) is 6.01. The summed E-state index contributed by atoms with van der Waals surface area (Å²) >= 11 is 0. The van der Waals surface area contributed by atoms with Crippen molar-refractivity contribution in [1.82, 2.24) is 15.2 Å². The highest BCUT2D eigenvalue weighted by Crippen LogP contribution is 2.36. The van der Waals surface area contributed by atoms with Gasteiger partial charge in [-0.15, -0.1) is 0 Å². The van der Waals surface area contributed by atoms with Gasteiger partial charge in [-0.3, -0.25) is 9.69 Å². The predicted molar refractivity (Wildman–Crippen MR) is 139 cm³/mol. The molecule has 7 heteroatoms. The van der Waals surface area contributed by atoms with Gasteiger partial charge < -0.3 is 10.2 Å². The molecule has 5 nitrogen and oxygen atoms in total. The molecule has 1 saturated carbocycles. The lowest BCUT2D eigenvalue weighted by atomic mass is 9.86. The zero-order chi connectivity index (χ0) is 25.0. The van der Waals surface area contributed by atoms with Gasteiger partial charge in [0, 0.05) is 56.9 Å². The molecule has 0 spiro atoms. The van der Waals surface area contributed by atoms with Gasteiger partial charge in [0.15, 0.2) is 0 Å². The number of piperazine rings is 1. The second-order valence-corrected chi connectivity index (χ2v) is 10.1. The number of rotatable bonds is 7. The number of carbonyl (C=O) groups is 1. The predicted octanol–water partition coefficient (Wildman–Crippen LogP) is 5.43. The summed E-state index contributed by atoms with van der Waals surface area (Å²) in [5.41, 5.74) is 2.08. The van der Waals surface area contributed by atoms with Gasteiger partial charge in [0.1, 0.15) is 5.82 Å². The van der Waals surface area contributed by atoms with Crippen LogP contribution in [0.3, 0.4) is 0 Å². The molecule has 1 atom stereocenters. The number of amides is 1. The normalized spacial score (nSPS) is 19.8. The fraction of sp³-hybridized carbons (Fsp3) is 0.448. The molecule has 5 rings (SSSR count). The quantitative estimate of drug-likeness (QED) is 0.478. The Morgan fingerprint density at radius 1 is 0.944 bits per heavy atom. The Morgan fingerprint density at radius 2 is 1.64 bits per heavy atom. The van der Waals surface area contributed by atoms with Gasteiger partial charge in [-0.25, -0.2) is 13.8 Å². The largest absolute Gasteiger partial charge is 0.354 e. The van der Waals surface area contributed by atoms with Crippen molar-refractivity contribution in [1.29, 1.82) is 0 Å². The molecular formula is C29H34F2N4O. The fourth-order valence-corrected chi connectivity index (χ4v) is 5.34. The van der Waals surface area contributed by atoms with E-state index in [2.05, 4.69) is 33.3 Å². The van der Waals surface area contributed by atoms with Crippen LogP contribution in [-0.4, -0.2) is 54.4 Å². The lowest BCUT2D eigenvalue weighted by Crippen LogP contribution is -2.47. The van der Waals surface area contributed by atoms with Gasteiger partial charge >= 0.3 is 0 Å². The highest BCUT2D eigenvalue weighted by Gasteiger charge is 2.37. The van der Waals surface area contributed by atoms with Crippen molar-refractivity contribution in [3.63, 3.8) is 0 Å². The summed E-state index contributed by atoms with van der Waals surface area (Å²) in [6.07, 6.45) is 0.901. The van der Waals surface area contributed by atoms with E-state index in [-0.39, 0.29) is 43.6 Å². The van der Waals surface area contributed by atoms with Crippen molar-refractivity contribution in [3.05, 3.63) is 72.3 Å². The molecule has 2 fully saturated rings. The van der Waals surface area contributed by atoms with Crippen LogP contribution in [-0.2, 0) is 4.79 Å². The number of hydrogen-bond acceptors (Lipinski definition) is 4.